The van der Waals surface area contributed by atoms with Crippen molar-refractivity contribution in [2.75, 3.05) is 25.1 Å². The van der Waals surface area contributed by atoms with Gasteiger partial charge in [0.15, 0.2) is 5.13 Å². The molecular formula is C18H23F3N4O3S. The van der Waals surface area contributed by atoms with E-state index in [0.29, 0.717) is 34.4 Å². The maximum atomic E-state index is 13.0. The van der Waals surface area contributed by atoms with Gasteiger partial charge < -0.3 is 10.6 Å². The second-order valence-corrected chi connectivity index (χ2v) is 7.49. The van der Waals surface area contributed by atoms with Gasteiger partial charge >= 0.3 is 6.36 Å². The van der Waals surface area contributed by atoms with Gasteiger partial charge in [0.05, 0.1) is 22.5 Å². The van der Waals surface area contributed by atoms with Crippen molar-refractivity contribution in [3.8, 4) is 0 Å². The summed E-state index contributed by atoms with van der Waals surface area (Å²) in [5.74, 6) is -0.624. The number of alkyl halides is 3. The van der Waals surface area contributed by atoms with E-state index in [1.807, 2.05) is 0 Å². The van der Waals surface area contributed by atoms with E-state index in [9.17, 15) is 22.8 Å². The third kappa shape index (κ3) is 5.87. The predicted molar refractivity (Wildman–Crippen MR) is 104 cm³/mol. The molecule has 0 aliphatic carbocycles. The number of aromatic nitrogens is 1. The summed E-state index contributed by atoms with van der Waals surface area (Å²) in [6, 6.07) is -1.35. The van der Waals surface area contributed by atoms with E-state index in [-0.39, 0.29) is 11.8 Å². The number of allylic oxidation sites excluding steroid dienone is 1. The number of nitrogens with zero attached hydrogens (tertiary/aromatic N) is 3. The molecule has 2 amide bonds. The number of carbonyl (C=O) groups is 2. The van der Waals surface area contributed by atoms with Gasteiger partial charge in [-0.2, -0.15) is 0 Å². The van der Waals surface area contributed by atoms with Crippen LogP contribution in [0.4, 0.5) is 18.3 Å². The van der Waals surface area contributed by atoms with Gasteiger partial charge in [0, 0.05) is 13.6 Å². The average Bonchev–Trinajstić information content (AvgIpc) is 3.26. The summed E-state index contributed by atoms with van der Waals surface area (Å²) in [5, 5.41) is 0.668. The number of nitrogens with two attached hydrogens (primary N) is 1. The Balaban J connectivity index is 2.27. The minimum Gasteiger partial charge on any atom is -0.329 e. The molecule has 0 saturated carbocycles. The molecule has 0 spiro atoms. The quantitative estimate of drug-likeness (QED) is 0.716. The first-order valence-electron chi connectivity index (χ1n) is 8.89. The van der Waals surface area contributed by atoms with E-state index in [2.05, 4.69) is 16.3 Å². The molecule has 7 nitrogen and oxygen atoms in total. The summed E-state index contributed by atoms with van der Waals surface area (Å²) in [5.41, 5.74) is 5.66. The lowest BCUT2D eigenvalue weighted by Gasteiger charge is -2.28. The van der Waals surface area contributed by atoms with Gasteiger partial charge in [0.25, 0.3) is 5.91 Å². The maximum absolute atomic E-state index is 13.0. The fourth-order valence-corrected chi connectivity index (χ4v) is 3.87. The van der Waals surface area contributed by atoms with E-state index in [4.69, 9.17) is 5.73 Å². The van der Waals surface area contributed by atoms with Gasteiger partial charge in [0.1, 0.15) is 6.04 Å². The first-order chi connectivity index (χ1) is 13.5. The van der Waals surface area contributed by atoms with Gasteiger partial charge in [-0.3, -0.25) is 19.2 Å². The van der Waals surface area contributed by atoms with Gasteiger partial charge in [-0.05, 0) is 31.9 Å². The zero-order valence-electron chi connectivity index (χ0n) is 16.1. The highest BCUT2D eigenvalue weighted by Crippen LogP contribution is 2.22. The summed E-state index contributed by atoms with van der Waals surface area (Å²) in [6.45, 7) is 4.90. The molecule has 2 rings (SSSR count). The van der Waals surface area contributed by atoms with Crippen molar-refractivity contribution in [2.24, 2.45) is 5.73 Å². The second kappa shape index (κ2) is 9.51. The van der Waals surface area contributed by atoms with Crippen LogP contribution in [-0.4, -0.2) is 60.3 Å². The summed E-state index contributed by atoms with van der Waals surface area (Å²) in [4.78, 5) is 32.3. The smallest absolute Gasteiger partial charge is 0.329 e. The van der Waals surface area contributed by atoms with Gasteiger partial charge in [-0.1, -0.05) is 24.0 Å². The zero-order chi connectivity index (χ0) is 21.8. The van der Waals surface area contributed by atoms with Gasteiger partial charge in [0.2, 0.25) is 5.91 Å². The first kappa shape index (κ1) is 23.0. The molecule has 0 radical (unpaired) electrons. The molecule has 0 aromatic carbocycles. The Morgan fingerprint density at radius 2 is 2.21 bits per heavy atom. The molecule has 1 aliphatic rings. The molecule has 0 bridgehead atoms. The van der Waals surface area contributed by atoms with Crippen LogP contribution >= 0.6 is 11.3 Å². The van der Waals surface area contributed by atoms with E-state index < -0.39 is 25.1 Å². The molecule has 1 fully saturated rings. The van der Waals surface area contributed by atoms with Crippen LogP contribution < -0.4 is 20.5 Å². The van der Waals surface area contributed by atoms with Crippen LogP contribution in [0.15, 0.2) is 12.7 Å². The SMILES string of the molecule is C=C/C=c1/nc(N(C)C(=O)C2CCCN2C(=O)C(C)N)s/c1=C/COC(F)(F)F. The van der Waals surface area contributed by atoms with Crippen LogP contribution in [0.25, 0.3) is 12.2 Å². The molecule has 2 unspecified atom stereocenters. The number of amides is 2. The number of ether oxygens (including phenoxy) is 1. The molecule has 11 heteroatoms. The standard InChI is InChI=1S/C18H23F3N4O3S/c1-4-6-12-14(8-10-28-18(19,20)21)29-17(23-12)24(3)16(27)13-7-5-9-25(13)15(26)11(2)22/h4,6,8,11,13H,1,5,7,9-10,22H2,2-3H3/b12-6+,14-8+. The number of anilines is 1. The number of hydrogen-bond donors (Lipinski definition) is 1. The van der Waals surface area contributed by atoms with Crippen LogP contribution in [0, 0.1) is 0 Å². The maximum Gasteiger partial charge on any atom is 0.522 e. The van der Waals surface area contributed by atoms with Crippen LogP contribution in [0.2, 0.25) is 0 Å². The third-order valence-corrected chi connectivity index (χ3v) is 5.43. The largest absolute Gasteiger partial charge is 0.522 e. The van der Waals surface area contributed by atoms with E-state index in [0.717, 1.165) is 11.3 Å². The minimum atomic E-state index is -4.74. The number of likely N-dealkylation sites (N-methyl/N-ethyl adjacent to an activating group) is 1. The molecule has 29 heavy (non-hydrogen) atoms. The lowest BCUT2D eigenvalue weighted by molar-refractivity contribution is -0.318. The highest BCUT2D eigenvalue weighted by atomic mass is 32.1. The van der Waals surface area contributed by atoms with Crippen LogP contribution in [-0.2, 0) is 14.3 Å². The van der Waals surface area contributed by atoms with Crippen LogP contribution in [0.5, 0.6) is 0 Å². The fourth-order valence-electron chi connectivity index (χ4n) is 2.93. The van der Waals surface area contributed by atoms with Crippen molar-refractivity contribution < 1.29 is 27.5 Å². The summed E-state index contributed by atoms with van der Waals surface area (Å²) in [7, 11) is 1.52. The monoisotopic (exact) mass is 432 g/mol. The Bertz CT molecular complexity index is 882. The molecule has 1 aromatic heterocycles. The molecule has 1 aliphatic heterocycles. The fraction of sp³-hybridized carbons (Fsp3) is 0.500. The predicted octanol–water partition coefficient (Wildman–Crippen LogP) is 0.727. The number of halogens is 3. The molecule has 160 valence electrons. The number of hydrogen-bond acceptors (Lipinski definition) is 6. The molecule has 2 heterocycles. The van der Waals surface area contributed by atoms with Crippen molar-refractivity contribution in [1.82, 2.24) is 9.88 Å². The molecular weight excluding hydrogens is 409 g/mol. The number of likely N-dealkylation sites (tertiary alicyclic amines) is 1. The highest BCUT2D eigenvalue weighted by Gasteiger charge is 2.37. The minimum absolute atomic E-state index is 0.293. The second-order valence-electron chi connectivity index (χ2n) is 6.48. The van der Waals surface area contributed by atoms with Crippen LogP contribution in [0.1, 0.15) is 19.8 Å². The average molecular weight is 432 g/mol. The van der Waals surface area contributed by atoms with E-state index >= 15 is 0 Å². The summed E-state index contributed by atoms with van der Waals surface area (Å²) < 4.78 is 40.8. The van der Waals surface area contributed by atoms with Crippen molar-refractivity contribution in [2.45, 2.75) is 38.2 Å². The molecule has 1 aromatic rings. The lowest BCUT2D eigenvalue weighted by Crippen LogP contribution is -2.50. The van der Waals surface area contributed by atoms with E-state index in [1.54, 1.807) is 6.92 Å². The number of rotatable bonds is 6. The van der Waals surface area contributed by atoms with Gasteiger partial charge in [-0.25, -0.2) is 4.98 Å². The van der Waals surface area contributed by atoms with Crippen LogP contribution in [0.3, 0.4) is 0 Å². The Labute approximate surface area is 169 Å². The molecule has 2 atom stereocenters. The topological polar surface area (TPSA) is 88.8 Å². The van der Waals surface area contributed by atoms with Crippen molar-refractivity contribution in [3.05, 3.63) is 22.5 Å². The van der Waals surface area contributed by atoms with Crippen molar-refractivity contribution in [1.29, 1.82) is 0 Å². The number of carbonyl (C=O) groups excluding carboxylic acids is 2. The Morgan fingerprint density at radius 1 is 1.52 bits per heavy atom. The highest BCUT2D eigenvalue weighted by molar-refractivity contribution is 7.13. The Hall–Kier alpha value is -2.24. The molecule has 2 N–H and O–H groups in total. The van der Waals surface area contributed by atoms with E-state index in [1.165, 1.54) is 35.1 Å². The zero-order valence-corrected chi connectivity index (χ0v) is 16.9. The summed E-state index contributed by atoms with van der Waals surface area (Å²) >= 11 is 1.05. The van der Waals surface area contributed by atoms with Crippen molar-refractivity contribution in [3.63, 3.8) is 0 Å². The van der Waals surface area contributed by atoms with Gasteiger partial charge in [-0.15, -0.1) is 13.2 Å². The lowest BCUT2D eigenvalue weighted by atomic mass is 10.2. The third-order valence-electron chi connectivity index (χ3n) is 4.29. The summed E-state index contributed by atoms with van der Waals surface area (Å²) in [6.07, 6.45) is 0.671. The molecule has 1 saturated heterocycles. The number of thiazole rings is 1. The Morgan fingerprint density at radius 3 is 2.79 bits per heavy atom. The first-order valence-corrected chi connectivity index (χ1v) is 9.71. The Kier molecular flexibility index (Phi) is 7.55. The normalized spacial score (nSPS) is 19.5. The van der Waals surface area contributed by atoms with Crippen molar-refractivity contribution >= 4 is 40.4 Å².